The molecule has 3 fully saturated rings. The number of rotatable bonds is 4. The number of carbonyl (C=O) groups is 2. The van der Waals surface area contributed by atoms with Crippen molar-refractivity contribution >= 4 is 29.1 Å². The summed E-state index contributed by atoms with van der Waals surface area (Å²) in [6, 6.07) is 5.31. The maximum Gasteiger partial charge on any atom is 0.256 e. The van der Waals surface area contributed by atoms with Crippen molar-refractivity contribution in [2.24, 2.45) is 5.92 Å². The smallest absolute Gasteiger partial charge is 0.256 e. The molecule has 1 saturated carbocycles. The maximum absolute atomic E-state index is 13.4. The van der Waals surface area contributed by atoms with Crippen LogP contribution in [0, 0.1) is 5.92 Å². The van der Waals surface area contributed by atoms with Gasteiger partial charge in [-0.1, -0.05) is 30.9 Å². The Morgan fingerprint density at radius 2 is 1.79 bits per heavy atom. The lowest BCUT2D eigenvalue weighted by atomic mass is 9.89. The van der Waals surface area contributed by atoms with Crippen molar-refractivity contribution in [3.05, 3.63) is 28.8 Å². The minimum atomic E-state index is 0.0240. The molecule has 29 heavy (non-hydrogen) atoms. The number of amides is 2. The second-order valence-electron chi connectivity index (χ2n) is 8.76. The molecule has 0 spiro atoms. The Balaban J connectivity index is 1.44. The lowest BCUT2D eigenvalue weighted by molar-refractivity contribution is -0.117. The Labute approximate surface area is 179 Å². The summed E-state index contributed by atoms with van der Waals surface area (Å²) in [5, 5.41) is 0.561. The van der Waals surface area contributed by atoms with Crippen LogP contribution in [0.3, 0.4) is 0 Å². The second-order valence-corrected chi connectivity index (χ2v) is 9.20. The van der Waals surface area contributed by atoms with Gasteiger partial charge in [-0.15, -0.1) is 0 Å². The average Bonchev–Trinajstić information content (AvgIpc) is 3.02. The summed E-state index contributed by atoms with van der Waals surface area (Å²) < 4.78 is 0. The second kappa shape index (κ2) is 9.48. The highest BCUT2D eigenvalue weighted by atomic mass is 35.5. The van der Waals surface area contributed by atoms with Crippen LogP contribution < -0.4 is 4.90 Å². The van der Waals surface area contributed by atoms with Crippen LogP contribution in [0.5, 0.6) is 0 Å². The van der Waals surface area contributed by atoms with Crippen molar-refractivity contribution in [2.75, 3.05) is 44.2 Å². The van der Waals surface area contributed by atoms with Crippen LogP contribution in [-0.2, 0) is 4.79 Å². The van der Waals surface area contributed by atoms with Gasteiger partial charge in [0.15, 0.2) is 0 Å². The van der Waals surface area contributed by atoms with Gasteiger partial charge >= 0.3 is 0 Å². The van der Waals surface area contributed by atoms with Crippen molar-refractivity contribution in [2.45, 2.75) is 51.4 Å². The lowest BCUT2D eigenvalue weighted by Gasteiger charge is -2.29. The summed E-state index contributed by atoms with van der Waals surface area (Å²) in [7, 11) is 0. The highest BCUT2D eigenvalue weighted by Crippen LogP contribution is 2.30. The van der Waals surface area contributed by atoms with Crippen LogP contribution in [0.1, 0.15) is 61.7 Å². The van der Waals surface area contributed by atoms with Gasteiger partial charge in [0.05, 0.1) is 11.3 Å². The summed E-state index contributed by atoms with van der Waals surface area (Å²) in [5.74, 6) is 0.932. The first-order valence-corrected chi connectivity index (χ1v) is 11.6. The molecule has 1 aromatic rings. The number of anilines is 1. The van der Waals surface area contributed by atoms with Crippen LogP contribution in [0.4, 0.5) is 5.69 Å². The molecule has 158 valence electrons. The van der Waals surface area contributed by atoms with Crippen molar-refractivity contribution in [1.82, 2.24) is 9.80 Å². The van der Waals surface area contributed by atoms with E-state index in [0.29, 0.717) is 29.2 Å². The molecule has 0 aromatic heterocycles. The van der Waals surface area contributed by atoms with Crippen LogP contribution in [0.15, 0.2) is 18.2 Å². The van der Waals surface area contributed by atoms with E-state index in [0.717, 1.165) is 44.9 Å². The van der Waals surface area contributed by atoms with Crippen molar-refractivity contribution in [1.29, 1.82) is 0 Å². The highest BCUT2D eigenvalue weighted by molar-refractivity contribution is 6.31. The fraction of sp³-hybridized carbons (Fsp3) is 0.652. The summed E-state index contributed by atoms with van der Waals surface area (Å²) in [6.07, 6.45) is 9.23. The molecule has 5 nitrogen and oxygen atoms in total. The predicted molar refractivity (Wildman–Crippen MR) is 117 cm³/mol. The third-order valence-electron chi connectivity index (χ3n) is 6.67. The normalized spacial score (nSPS) is 22.2. The fourth-order valence-corrected chi connectivity index (χ4v) is 5.24. The Morgan fingerprint density at radius 3 is 2.55 bits per heavy atom. The zero-order valence-corrected chi connectivity index (χ0v) is 18.0. The minimum absolute atomic E-state index is 0.0240. The Hall–Kier alpha value is -1.59. The summed E-state index contributed by atoms with van der Waals surface area (Å²) in [6.45, 7) is 5.37. The molecule has 1 aliphatic carbocycles. The molecule has 2 saturated heterocycles. The SMILES string of the molecule is O=C(c1ccc(Cl)cc1N1CCCC1=O)N1CCCN(CC2CCCCC2)CC1. The zero-order chi connectivity index (χ0) is 20.2. The van der Waals surface area contributed by atoms with Gasteiger partial charge in [-0.2, -0.15) is 0 Å². The molecule has 2 heterocycles. The molecule has 0 unspecified atom stereocenters. The van der Waals surface area contributed by atoms with Crippen LogP contribution >= 0.6 is 11.6 Å². The molecular formula is C23H32ClN3O2. The third-order valence-corrected chi connectivity index (χ3v) is 6.91. The zero-order valence-electron chi connectivity index (χ0n) is 17.2. The number of nitrogens with zero attached hydrogens (tertiary/aromatic N) is 3. The van der Waals surface area contributed by atoms with Gasteiger partial charge in [-0.3, -0.25) is 9.59 Å². The third kappa shape index (κ3) is 4.95. The molecular weight excluding hydrogens is 386 g/mol. The van der Waals surface area contributed by atoms with E-state index < -0.39 is 0 Å². The standard InChI is InChI=1S/C23H32ClN3O2/c24-19-9-10-20(21(16-19)27-13-4-8-22(27)28)23(29)26-12-5-11-25(14-15-26)17-18-6-2-1-3-7-18/h9-10,16,18H,1-8,11-15,17H2. The van der Waals surface area contributed by atoms with E-state index in [1.807, 2.05) is 4.90 Å². The van der Waals surface area contributed by atoms with E-state index in [4.69, 9.17) is 11.6 Å². The quantitative estimate of drug-likeness (QED) is 0.737. The van der Waals surface area contributed by atoms with E-state index in [9.17, 15) is 9.59 Å². The van der Waals surface area contributed by atoms with Gasteiger partial charge in [0, 0.05) is 44.2 Å². The van der Waals surface area contributed by atoms with Gasteiger partial charge in [-0.05, 0) is 56.3 Å². The monoisotopic (exact) mass is 417 g/mol. The van der Waals surface area contributed by atoms with Crippen molar-refractivity contribution in [3.8, 4) is 0 Å². The minimum Gasteiger partial charge on any atom is -0.337 e. The first-order valence-electron chi connectivity index (χ1n) is 11.2. The van der Waals surface area contributed by atoms with Gasteiger partial charge in [0.2, 0.25) is 5.91 Å². The predicted octanol–water partition coefficient (Wildman–Crippen LogP) is 4.20. The molecule has 1 aromatic carbocycles. The van der Waals surface area contributed by atoms with Crippen molar-refractivity contribution in [3.63, 3.8) is 0 Å². The van der Waals surface area contributed by atoms with Gasteiger partial charge in [-0.25, -0.2) is 0 Å². The number of hydrogen-bond donors (Lipinski definition) is 0. The summed E-state index contributed by atoms with van der Waals surface area (Å²) in [5.41, 5.74) is 1.28. The first kappa shape index (κ1) is 20.7. The molecule has 0 bridgehead atoms. The first-order chi connectivity index (χ1) is 14.1. The molecule has 4 rings (SSSR count). The fourth-order valence-electron chi connectivity index (χ4n) is 5.07. The number of carbonyl (C=O) groups excluding carboxylic acids is 2. The van der Waals surface area contributed by atoms with E-state index >= 15 is 0 Å². The van der Waals surface area contributed by atoms with Crippen LogP contribution in [0.2, 0.25) is 5.02 Å². The van der Waals surface area contributed by atoms with Gasteiger partial charge < -0.3 is 14.7 Å². The topological polar surface area (TPSA) is 43.9 Å². The van der Waals surface area contributed by atoms with Gasteiger partial charge in [0.1, 0.15) is 0 Å². The number of benzene rings is 1. The lowest BCUT2D eigenvalue weighted by Crippen LogP contribution is -2.37. The molecule has 6 heteroatoms. The summed E-state index contributed by atoms with van der Waals surface area (Å²) >= 11 is 6.20. The molecule has 2 amide bonds. The van der Waals surface area contributed by atoms with Gasteiger partial charge in [0.25, 0.3) is 5.91 Å². The highest BCUT2D eigenvalue weighted by Gasteiger charge is 2.29. The summed E-state index contributed by atoms with van der Waals surface area (Å²) in [4.78, 5) is 31.9. The van der Waals surface area contributed by atoms with E-state index in [2.05, 4.69) is 4.90 Å². The molecule has 0 N–H and O–H groups in total. The van der Waals surface area contributed by atoms with E-state index in [1.54, 1.807) is 23.1 Å². The number of hydrogen-bond acceptors (Lipinski definition) is 3. The molecule has 0 atom stereocenters. The van der Waals surface area contributed by atoms with E-state index in [1.165, 1.54) is 38.6 Å². The molecule has 2 aliphatic heterocycles. The Kier molecular flexibility index (Phi) is 6.76. The Bertz CT molecular complexity index is 748. The van der Waals surface area contributed by atoms with Crippen LogP contribution in [-0.4, -0.2) is 60.9 Å². The van der Waals surface area contributed by atoms with Crippen LogP contribution in [0.25, 0.3) is 0 Å². The van der Waals surface area contributed by atoms with E-state index in [-0.39, 0.29) is 11.8 Å². The largest absolute Gasteiger partial charge is 0.337 e. The molecule has 0 radical (unpaired) electrons. The number of halogens is 1. The molecule has 3 aliphatic rings. The van der Waals surface area contributed by atoms with Crippen molar-refractivity contribution < 1.29 is 9.59 Å². The maximum atomic E-state index is 13.4. The Morgan fingerprint density at radius 1 is 0.966 bits per heavy atom. The average molecular weight is 418 g/mol.